The zero-order chi connectivity index (χ0) is 17.4. The molecule has 0 spiro atoms. The molecule has 0 heterocycles. The first kappa shape index (κ1) is 15.8. The SMILES string of the molecule is O=C(OCc1ccccc1Br)c1ccc2c(c1)-c1ccccc1C2=O. The van der Waals surface area contributed by atoms with Crippen LogP contribution in [0.1, 0.15) is 31.8 Å². The largest absolute Gasteiger partial charge is 0.457 e. The second kappa shape index (κ2) is 6.30. The third-order valence-corrected chi connectivity index (χ3v) is 5.05. The van der Waals surface area contributed by atoms with Gasteiger partial charge in [-0.1, -0.05) is 58.4 Å². The molecule has 0 amide bonds. The van der Waals surface area contributed by atoms with Crippen LogP contribution < -0.4 is 0 Å². The number of hydrogen-bond donors (Lipinski definition) is 0. The summed E-state index contributed by atoms with van der Waals surface area (Å²) in [5.74, 6) is -0.408. The van der Waals surface area contributed by atoms with E-state index in [4.69, 9.17) is 4.74 Å². The molecule has 0 saturated carbocycles. The van der Waals surface area contributed by atoms with Crippen LogP contribution in [-0.4, -0.2) is 11.8 Å². The van der Waals surface area contributed by atoms with Gasteiger partial charge in [-0.15, -0.1) is 0 Å². The third kappa shape index (κ3) is 2.79. The van der Waals surface area contributed by atoms with Gasteiger partial charge in [0.05, 0.1) is 5.56 Å². The summed E-state index contributed by atoms with van der Waals surface area (Å²) in [5, 5.41) is 0. The molecule has 0 bridgehead atoms. The Bertz CT molecular complexity index is 1010. The van der Waals surface area contributed by atoms with E-state index in [-0.39, 0.29) is 12.4 Å². The Hall–Kier alpha value is -2.72. The third-order valence-electron chi connectivity index (χ3n) is 4.28. The molecule has 1 aliphatic rings. The van der Waals surface area contributed by atoms with Crippen molar-refractivity contribution >= 4 is 27.7 Å². The van der Waals surface area contributed by atoms with Crippen molar-refractivity contribution in [2.75, 3.05) is 0 Å². The van der Waals surface area contributed by atoms with Crippen LogP contribution in [0.5, 0.6) is 0 Å². The number of benzene rings is 3. The molecular formula is C21H13BrO3. The van der Waals surface area contributed by atoms with E-state index in [0.717, 1.165) is 21.2 Å². The Kier molecular flexibility index (Phi) is 3.98. The molecule has 1 aliphatic carbocycles. The van der Waals surface area contributed by atoms with Gasteiger partial charge in [0.2, 0.25) is 0 Å². The van der Waals surface area contributed by atoms with E-state index in [1.807, 2.05) is 48.5 Å². The second-order valence-corrected chi connectivity index (χ2v) is 6.66. The van der Waals surface area contributed by atoms with Gasteiger partial charge in [0, 0.05) is 21.2 Å². The van der Waals surface area contributed by atoms with Crippen LogP contribution in [0.2, 0.25) is 0 Å². The number of ether oxygens (including phenoxy) is 1. The van der Waals surface area contributed by atoms with Crippen LogP contribution in [0.15, 0.2) is 71.2 Å². The van der Waals surface area contributed by atoms with E-state index in [1.165, 1.54) is 0 Å². The summed E-state index contributed by atoms with van der Waals surface area (Å²) in [7, 11) is 0. The fourth-order valence-corrected chi connectivity index (χ4v) is 3.39. The smallest absolute Gasteiger partial charge is 0.338 e. The first-order valence-corrected chi connectivity index (χ1v) is 8.63. The summed E-state index contributed by atoms with van der Waals surface area (Å²) in [6.07, 6.45) is 0. The average molecular weight is 393 g/mol. The Morgan fingerprint density at radius 1 is 0.840 bits per heavy atom. The molecule has 0 N–H and O–H groups in total. The Morgan fingerprint density at radius 2 is 1.52 bits per heavy atom. The van der Waals surface area contributed by atoms with Crippen molar-refractivity contribution in [2.24, 2.45) is 0 Å². The minimum absolute atomic E-state index is 0.00117. The van der Waals surface area contributed by atoms with Crippen LogP contribution >= 0.6 is 15.9 Å². The maximum absolute atomic E-state index is 12.4. The monoisotopic (exact) mass is 392 g/mol. The Labute approximate surface area is 153 Å². The lowest BCUT2D eigenvalue weighted by Gasteiger charge is -2.08. The van der Waals surface area contributed by atoms with E-state index in [1.54, 1.807) is 18.2 Å². The average Bonchev–Trinajstić information content (AvgIpc) is 2.93. The van der Waals surface area contributed by atoms with Crippen molar-refractivity contribution in [3.63, 3.8) is 0 Å². The summed E-state index contributed by atoms with van der Waals surface area (Å²) in [6.45, 7) is 0.187. The molecule has 3 aromatic rings. The van der Waals surface area contributed by atoms with Crippen molar-refractivity contribution in [1.29, 1.82) is 0 Å². The normalized spacial score (nSPS) is 11.8. The molecule has 122 valence electrons. The molecule has 0 radical (unpaired) electrons. The fourth-order valence-electron chi connectivity index (χ4n) is 3.00. The zero-order valence-electron chi connectivity index (χ0n) is 13.2. The van der Waals surface area contributed by atoms with Crippen LogP contribution in [0.4, 0.5) is 0 Å². The van der Waals surface area contributed by atoms with Crippen LogP contribution in [0, 0.1) is 0 Å². The van der Waals surface area contributed by atoms with Crippen molar-refractivity contribution in [1.82, 2.24) is 0 Å². The minimum atomic E-state index is -0.407. The molecule has 0 saturated heterocycles. The summed E-state index contributed by atoms with van der Waals surface area (Å²) in [4.78, 5) is 24.8. The lowest BCUT2D eigenvalue weighted by molar-refractivity contribution is 0.0472. The number of esters is 1. The van der Waals surface area contributed by atoms with Crippen LogP contribution in [0.25, 0.3) is 11.1 Å². The van der Waals surface area contributed by atoms with E-state index in [9.17, 15) is 9.59 Å². The molecule has 0 aromatic heterocycles. The molecule has 4 heteroatoms. The number of carbonyl (C=O) groups excluding carboxylic acids is 2. The highest BCUT2D eigenvalue weighted by Gasteiger charge is 2.27. The topological polar surface area (TPSA) is 43.4 Å². The van der Waals surface area contributed by atoms with Crippen LogP contribution in [0.3, 0.4) is 0 Å². The summed E-state index contributed by atoms with van der Waals surface area (Å²) in [5.41, 5.74) is 4.30. The molecule has 3 nitrogen and oxygen atoms in total. The molecule has 0 unspecified atom stereocenters. The summed E-state index contributed by atoms with van der Waals surface area (Å²) in [6, 6.07) is 20.1. The fraction of sp³-hybridized carbons (Fsp3) is 0.0476. The van der Waals surface area contributed by atoms with E-state index >= 15 is 0 Å². The first-order valence-electron chi connectivity index (χ1n) is 7.84. The van der Waals surface area contributed by atoms with E-state index < -0.39 is 5.97 Å². The quantitative estimate of drug-likeness (QED) is 0.459. The van der Waals surface area contributed by atoms with Crippen molar-refractivity contribution in [2.45, 2.75) is 6.61 Å². The maximum atomic E-state index is 12.4. The van der Waals surface area contributed by atoms with Crippen molar-refractivity contribution in [3.05, 3.63) is 93.5 Å². The zero-order valence-corrected chi connectivity index (χ0v) is 14.7. The number of carbonyl (C=O) groups is 2. The van der Waals surface area contributed by atoms with Crippen molar-refractivity contribution in [3.8, 4) is 11.1 Å². The van der Waals surface area contributed by atoms with Gasteiger partial charge in [0.15, 0.2) is 5.78 Å². The molecule has 0 atom stereocenters. The molecule has 3 aromatic carbocycles. The molecule has 4 rings (SSSR count). The minimum Gasteiger partial charge on any atom is -0.457 e. The van der Waals surface area contributed by atoms with Gasteiger partial charge < -0.3 is 4.74 Å². The van der Waals surface area contributed by atoms with Crippen LogP contribution in [-0.2, 0) is 11.3 Å². The van der Waals surface area contributed by atoms with E-state index in [0.29, 0.717) is 16.7 Å². The Balaban J connectivity index is 1.60. The molecule has 0 fully saturated rings. The standard InChI is InChI=1S/C21H13BrO3/c22-19-8-4-1-5-14(19)12-25-21(24)13-9-10-17-18(11-13)15-6-2-3-7-16(15)20(17)23/h1-11H,12H2. The van der Waals surface area contributed by atoms with E-state index in [2.05, 4.69) is 15.9 Å². The van der Waals surface area contributed by atoms with Gasteiger partial charge in [-0.2, -0.15) is 0 Å². The highest BCUT2D eigenvalue weighted by atomic mass is 79.9. The molecule has 25 heavy (non-hydrogen) atoms. The maximum Gasteiger partial charge on any atom is 0.338 e. The number of ketones is 1. The van der Waals surface area contributed by atoms with Crippen molar-refractivity contribution < 1.29 is 14.3 Å². The van der Waals surface area contributed by atoms with Gasteiger partial charge in [0.1, 0.15) is 6.61 Å². The highest BCUT2D eigenvalue weighted by Crippen LogP contribution is 2.36. The highest BCUT2D eigenvalue weighted by molar-refractivity contribution is 9.10. The molecule has 0 aliphatic heterocycles. The predicted molar refractivity (Wildman–Crippen MR) is 98.6 cm³/mol. The van der Waals surface area contributed by atoms with Gasteiger partial charge >= 0.3 is 5.97 Å². The first-order chi connectivity index (χ1) is 12.1. The number of hydrogen-bond acceptors (Lipinski definition) is 3. The van der Waals surface area contributed by atoms with Gasteiger partial charge in [0.25, 0.3) is 0 Å². The van der Waals surface area contributed by atoms with Gasteiger partial charge in [-0.3, -0.25) is 4.79 Å². The second-order valence-electron chi connectivity index (χ2n) is 5.80. The Morgan fingerprint density at radius 3 is 2.32 bits per heavy atom. The predicted octanol–water partition coefficient (Wildman–Crippen LogP) is 5.02. The summed E-state index contributed by atoms with van der Waals surface area (Å²) < 4.78 is 6.32. The number of fused-ring (bicyclic) bond motifs is 3. The van der Waals surface area contributed by atoms with Gasteiger partial charge in [-0.05, 0) is 35.4 Å². The lowest BCUT2D eigenvalue weighted by atomic mass is 10.0. The lowest BCUT2D eigenvalue weighted by Crippen LogP contribution is -2.06. The number of halogens is 1. The molecular weight excluding hydrogens is 380 g/mol. The number of rotatable bonds is 3. The summed E-state index contributed by atoms with van der Waals surface area (Å²) >= 11 is 3.44. The van der Waals surface area contributed by atoms with Gasteiger partial charge in [-0.25, -0.2) is 4.79 Å².